The van der Waals surface area contributed by atoms with Crippen LogP contribution in [0, 0.1) is 0 Å². The third kappa shape index (κ3) is 3.90. The molecule has 1 aromatic carbocycles. The predicted molar refractivity (Wildman–Crippen MR) is 63.0 cm³/mol. The number of hydrogen-bond acceptors (Lipinski definition) is 3. The molecule has 3 nitrogen and oxygen atoms in total. The van der Waals surface area contributed by atoms with Gasteiger partial charge in [0, 0.05) is 24.7 Å². The van der Waals surface area contributed by atoms with E-state index in [0.717, 1.165) is 12.3 Å². The lowest BCUT2D eigenvalue weighted by atomic mass is 10.2. The first-order valence-corrected chi connectivity index (χ1v) is 5.42. The van der Waals surface area contributed by atoms with Gasteiger partial charge in [0.1, 0.15) is 5.75 Å². The van der Waals surface area contributed by atoms with Crippen molar-refractivity contribution in [2.45, 2.75) is 26.4 Å². The molecule has 1 atom stereocenters. The van der Waals surface area contributed by atoms with E-state index in [4.69, 9.17) is 10.5 Å². The Morgan fingerprint density at radius 3 is 2.80 bits per heavy atom. The molecule has 15 heavy (non-hydrogen) atoms. The maximum atomic E-state index is 5.54. The highest BCUT2D eigenvalue weighted by atomic mass is 16.5. The van der Waals surface area contributed by atoms with E-state index in [-0.39, 0.29) is 0 Å². The van der Waals surface area contributed by atoms with E-state index in [1.54, 1.807) is 0 Å². The lowest BCUT2D eigenvalue weighted by Crippen LogP contribution is -2.32. The van der Waals surface area contributed by atoms with Gasteiger partial charge in [0.15, 0.2) is 0 Å². The van der Waals surface area contributed by atoms with Crippen LogP contribution in [0.25, 0.3) is 0 Å². The second-order valence-electron chi connectivity index (χ2n) is 3.56. The van der Waals surface area contributed by atoms with Crippen LogP contribution >= 0.6 is 0 Å². The topological polar surface area (TPSA) is 47.3 Å². The number of hydrogen-bond donors (Lipinski definition) is 2. The Morgan fingerprint density at radius 2 is 2.13 bits per heavy atom. The summed E-state index contributed by atoms with van der Waals surface area (Å²) in [5.74, 6) is 0.955. The van der Waals surface area contributed by atoms with E-state index in [1.807, 2.05) is 25.1 Å². The standard InChI is InChI=1S/C12H20N2O/c1-3-15-12-7-5-4-6-11(12)9-14-10(2)8-13/h4-7,10,14H,3,8-9,13H2,1-2H3. The fraction of sp³-hybridized carbons (Fsp3) is 0.500. The summed E-state index contributed by atoms with van der Waals surface area (Å²) < 4.78 is 5.53. The summed E-state index contributed by atoms with van der Waals surface area (Å²) in [6, 6.07) is 8.40. The summed E-state index contributed by atoms with van der Waals surface area (Å²) in [6.45, 7) is 6.21. The number of nitrogens with one attached hydrogen (secondary N) is 1. The Bertz CT molecular complexity index is 289. The highest BCUT2D eigenvalue weighted by Crippen LogP contribution is 2.17. The van der Waals surface area contributed by atoms with Crippen LogP contribution in [-0.2, 0) is 6.54 Å². The van der Waals surface area contributed by atoms with Crippen LogP contribution < -0.4 is 15.8 Å². The molecule has 0 aliphatic heterocycles. The van der Waals surface area contributed by atoms with Gasteiger partial charge in [-0.3, -0.25) is 0 Å². The van der Waals surface area contributed by atoms with Gasteiger partial charge in [-0.15, -0.1) is 0 Å². The van der Waals surface area contributed by atoms with Crippen LogP contribution in [0.5, 0.6) is 5.75 Å². The minimum atomic E-state index is 0.333. The molecule has 0 amide bonds. The Balaban J connectivity index is 2.58. The largest absolute Gasteiger partial charge is 0.494 e. The molecule has 0 aromatic heterocycles. The van der Waals surface area contributed by atoms with Crippen LogP contribution in [-0.4, -0.2) is 19.2 Å². The van der Waals surface area contributed by atoms with Crippen molar-refractivity contribution in [2.75, 3.05) is 13.2 Å². The lowest BCUT2D eigenvalue weighted by molar-refractivity contribution is 0.335. The molecule has 0 aliphatic carbocycles. The fourth-order valence-electron chi connectivity index (χ4n) is 1.31. The van der Waals surface area contributed by atoms with E-state index in [9.17, 15) is 0 Å². The second-order valence-corrected chi connectivity index (χ2v) is 3.56. The smallest absolute Gasteiger partial charge is 0.123 e. The fourth-order valence-corrected chi connectivity index (χ4v) is 1.31. The maximum absolute atomic E-state index is 5.54. The molecule has 0 heterocycles. The van der Waals surface area contributed by atoms with Gasteiger partial charge in [-0.05, 0) is 19.9 Å². The van der Waals surface area contributed by atoms with Crippen molar-refractivity contribution in [3.8, 4) is 5.75 Å². The quantitative estimate of drug-likeness (QED) is 0.745. The zero-order chi connectivity index (χ0) is 11.1. The van der Waals surface area contributed by atoms with Gasteiger partial charge in [-0.1, -0.05) is 18.2 Å². The lowest BCUT2D eigenvalue weighted by Gasteiger charge is -2.14. The summed E-state index contributed by atoms with van der Waals surface area (Å²) in [7, 11) is 0. The summed E-state index contributed by atoms with van der Waals surface area (Å²) in [5.41, 5.74) is 6.72. The van der Waals surface area contributed by atoms with E-state index >= 15 is 0 Å². The average Bonchev–Trinajstić information content (AvgIpc) is 2.28. The monoisotopic (exact) mass is 208 g/mol. The Labute approximate surface area is 91.6 Å². The summed E-state index contributed by atoms with van der Waals surface area (Å²) >= 11 is 0. The van der Waals surface area contributed by atoms with Crippen LogP contribution in [0.2, 0.25) is 0 Å². The first kappa shape index (κ1) is 12.0. The van der Waals surface area contributed by atoms with E-state index < -0.39 is 0 Å². The maximum Gasteiger partial charge on any atom is 0.123 e. The number of para-hydroxylation sites is 1. The molecular formula is C12H20N2O. The Hall–Kier alpha value is -1.06. The van der Waals surface area contributed by atoms with Crippen molar-refractivity contribution in [3.05, 3.63) is 29.8 Å². The molecule has 0 saturated heterocycles. The molecule has 3 heteroatoms. The van der Waals surface area contributed by atoms with Gasteiger partial charge in [-0.25, -0.2) is 0 Å². The van der Waals surface area contributed by atoms with Crippen LogP contribution in [0.3, 0.4) is 0 Å². The predicted octanol–water partition coefficient (Wildman–Crippen LogP) is 1.52. The van der Waals surface area contributed by atoms with Gasteiger partial charge in [0.25, 0.3) is 0 Å². The van der Waals surface area contributed by atoms with Gasteiger partial charge in [-0.2, -0.15) is 0 Å². The van der Waals surface area contributed by atoms with Crippen molar-refractivity contribution in [2.24, 2.45) is 5.73 Å². The van der Waals surface area contributed by atoms with Gasteiger partial charge < -0.3 is 15.8 Å². The third-order valence-corrected chi connectivity index (χ3v) is 2.27. The highest BCUT2D eigenvalue weighted by Gasteiger charge is 2.03. The summed E-state index contributed by atoms with van der Waals surface area (Å²) in [6.07, 6.45) is 0. The third-order valence-electron chi connectivity index (χ3n) is 2.27. The molecule has 1 rings (SSSR count). The zero-order valence-electron chi connectivity index (χ0n) is 9.49. The molecule has 0 saturated carbocycles. The minimum Gasteiger partial charge on any atom is -0.494 e. The van der Waals surface area contributed by atoms with Crippen molar-refractivity contribution in [3.63, 3.8) is 0 Å². The number of benzene rings is 1. The first-order valence-electron chi connectivity index (χ1n) is 5.42. The van der Waals surface area contributed by atoms with Crippen molar-refractivity contribution >= 4 is 0 Å². The minimum absolute atomic E-state index is 0.333. The van der Waals surface area contributed by atoms with E-state index in [0.29, 0.717) is 19.2 Å². The molecule has 0 radical (unpaired) electrons. The van der Waals surface area contributed by atoms with Crippen molar-refractivity contribution in [1.82, 2.24) is 5.32 Å². The van der Waals surface area contributed by atoms with Gasteiger partial charge >= 0.3 is 0 Å². The normalized spacial score (nSPS) is 12.5. The molecule has 0 fully saturated rings. The molecule has 0 aliphatic rings. The van der Waals surface area contributed by atoms with Crippen LogP contribution in [0.15, 0.2) is 24.3 Å². The first-order chi connectivity index (χ1) is 7.27. The average molecular weight is 208 g/mol. The van der Waals surface area contributed by atoms with Crippen LogP contribution in [0.1, 0.15) is 19.4 Å². The Kier molecular flexibility index (Phi) is 5.15. The van der Waals surface area contributed by atoms with Gasteiger partial charge in [0.2, 0.25) is 0 Å². The van der Waals surface area contributed by atoms with Crippen molar-refractivity contribution < 1.29 is 4.74 Å². The molecule has 3 N–H and O–H groups in total. The van der Waals surface area contributed by atoms with E-state index in [1.165, 1.54) is 5.56 Å². The number of ether oxygens (including phenoxy) is 1. The molecule has 1 aromatic rings. The molecule has 1 unspecified atom stereocenters. The van der Waals surface area contributed by atoms with Crippen LogP contribution in [0.4, 0.5) is 0 Å². The van der Waals surface area contributed by atoms with E-state index in [2.05, 4.69) is 18.3 Å². The SMILES string of the molecule is CCOc1ccccc1CNC(C)CN. The number of nitrogens with two attached hydrogens (primary N) is 1. The van der Waals surface area contributed by atoms with Gasteiger partial charge in [0.05, 0.1) is 6.61 Å². The molecular weight excluding hydrogens is 188 g/mol. The highest BCUT2D eigenvalue weighted by molar-refractivity contribution is 5.33. The summed E-state index contributed by atoms with van der Waals surface area (Å²) in [5, 5.41) is 3.34. The van der Waals surface area contributed by atoms with Crippen molar-refractivity contribution in [1.29, 1.82) is 0 Å². The Morgan fingerprint density at radius 1 is 1.40 bits per heavy atom. The zero-order valence-corrected chi connectivity index (χ0v) is 9.49. The second kappa shape index (κ2) is 6.43. The number of rotatable bonds is 6. The molecule has 0 spiro atoms. The molecule has 0 bridgehead atoms. The molecule has 84 valence electrons. The summed E-state index contributed by atoms with van der Waals surface area (Å²) in [4.78, 5) is 0.